The molecule has 0 bridgehead atoms. The second kappa shape index (κ2) is 4.17. The number of hydrogen-bond acceptors (Lipinski definition) is 3. The summed E-state index contributed by atoms with van der Waals surface area (Å²) in [7, 11) is 0. The van der Waals surface area contributed by atoms with Gasteiger partial charge in [-0.2, -0.15) is 0 Å². The molecule has 86 valence electrons. The van der Waals surface area contributed by atoms with Crippen molar-refractivity contribution in [3.8, 4) is 0 Å². The summed E-state index contributed by atoms with van der Waals surface area (Å²) in [6.07, 6.45) is 5.98. The summed E-state index contributed by atoms with van der Waals surface area (Å²) in [6.45, 7) is 2.00. The third kappa shape index (κ3) is 2.00. The number of aryl methyl sites for hydroxylation is 2. The number of pyridine rings is 2. The zero-order valence-electron chi connectivity index (χ0n) is 9.85. The van der Waals surface area contributed by atoms with Crippen molar-refractivity contribution in [2.75, 3.05) is 5.32 Å². The van der Waals surface area contributed by atoms with Gasteiger partial charge in [0.05, 0.1) is 23.6 Å². The van der Waals surface area contributed by atoms with Gasteiger partial charge in [0, 0.05) is 11.9 Å². The molecule has 1 atom stereocenters. The topological polar surface area (TPSA) is 37.8 Å². The molecule has 0 saturated heterocycles. The molecule has 1 unspecified atom stereocenters. The fraction of sp³-hybridized carbons (Fsp3) is 0.286. The average molecular weight is 225 g/mol. The molecule has 0 saturated carbocycles. The van der Waals surface area contributed by atoms with E-state index in [-0.39, 0.29) is 0 Å². The van der Waals surface area contributed by atoms with E-state index in [1.165, 1.54) is 11.3 Å². The lowest BCUT2D eigenvalue weighted by Crippen LogP contribution is -2.08. The SMILES string of the molecule is Cc1ccc(NC2CCc3cccnc32)cn1. The van der Waals surface area contributed by atoms with Crippen molar-refractivity contribution in [1.82, 2.24) is 9.97 Å². The van der Waals surface area contributed by atoms with E-state index in [0.717, 1.165) is 24.2 Å². The highest BCUT2D eigenvalue weighted by Gasteiger charge is 2.23. The van der Waals surface area contributed by atoms with Crippen molar-refractivity contribution in [3.63, 3.8) is 0 Å². The highest BCUT2D eigenvalue weighted by molar-refractivity contribution is 5.45. The zero-order valence-corrected chi connectivity index (χ0v) is 9.85. The van der Waals surface area contributed by atoms with E-state index >= 15 is 0 Å². The van der Waals surface area contributed by atoms with Gasteiger partial charge in [-0.05, 0) is 43.5 Å². The van der Waals surface area contributed by atoms with Gasteiger partial charge in [-0.3, -0.25) is 9.97 Å². The van der Waals surface area contributed by atoms with Crippen molar-refractivity contribution in [1.29, 1.82) is 0 Å². The van der Waals surface area contributed by atoms with Crippen LogP contribution in [-0.4, -0.2) is 9.97 Å². The summed E-state index contributed by atoms with van der Waals surface area (Å²) >= 11 is 0. The molecule has 3 heteroatoms. The second-order valence-electron chi connectivity index (χ2n) is 4.47. The van der Waals surface area contributed by atoms with Gasteiger partial charge < -0.3 is 5.32 Å². The minimum absolute atomic E-state index is 0.329. The molecule has 0 fully saturated rings. The first-order chi connectivity index (χ1) is 8.33. The minimum Gasteiger partial charge on any atom is -0.375 e. The number of nitrogens with zero attached hydrogens (tertiary/aromatic N) is 2. The van der Waals surface area contributed by atoms with Crippen LogP contribution < -0.4 is 5.32 Å². The summed E-state index contributed by atoms with van der Waals surface area (Å²) in [6, 6.07) is 8.60. The number of aromatic nitrogens is 2. The fourth-order valence-electron chi connectivity index (χ4n) is 2.31. The van der Waals surface area contributed by atoms with E-state index in [1.54, 1.807) is 0 Å². The van der Waals surface area contributed by atoms with Crippen LogP contribution in [0.25, 0.3) is 0 Å². The molecule has 2 aromatic rings. The van der Waals surface area contributed by atoms with Gasteiger partial charge in [0.2, 0.25) is 0 Å². The number of hydrogen-bond donors (Lipinski definition) is 1. The monoisotopic (exact) mass is 225 g/mol. The van der Waals surface area contributed by atoms with Crippen molar-refractivity contribution >= 4 is 5.69 Å². The molecule has 0 radical (unpaired) electrons. The van der Waals surface area contributed by atoms with Crippen molar-refractivity contribution in [2.45, 2.75) is 25.8 Å². The maximum Gasteiger partial charge on any atom is 0.0691 e. The van der Waals surface area contributed by atoms with E-state index < -0.39 is 0 Å². The van der Waals surface area contributed by atoms with Crippen molar-refractivity contribution < 1.29 is 0 Å². The third-order valence-electron chi connectivity index (χ3n) is 3.21. The molecule has 3 nitrogen and oxygen atoms in total. The van der Waals surface area contributed by atoms with Crippen molar-refractivity contribution in [3.05, 3.63) is 53.6 Å². The van der Waals surface area contributed by atoms with Crippen molar-refractivity contribution in [2.24, 2.45) is 0 Å². The maximum absolute atomic E-state index is 4.47. The first kappa shape index (κ1) is 10.3. The molecular formula is C14H15N3. The third-order valence-corrected chi connectivity index (χ3v) is 3.21. The quantitative estimate of drug-likeness (QED) is 0.854. The lowest BCUT2D eigenvalue weighted by atomic mass is 10.2. The highest BCUT2D eigenvalue weighted by Crippen LogP contribution is 2.31. The van der Waals surface area contributed by atoms with E-state index in [0.29, 0.717) is 6.04 Å². The molecule has 2 heterocycles. The smallest absolute Gasteiger partial charge is 0.0691 e. The Kier molecular flexibility index (Phi) is 2.52. The normalized spacial score (nSPS) is 17.8. The molecule has 0 aliphatic heterocycles. The Morgan fingerprint density at radius 1 is 1.24 bits per heavy atom. The van der Waals surface area contributed by atoms with Gasteiger partial charge in [0.25, 0.3) is 0 Å². The maximum atomic E-state index is 4.47. The number of fused-ring (bicyclic) bond motifs is 1. The van der Waals surface area contributed by atoms with Gasteiger partial charge in [0.1, 0.15) is 0 Å². The Morgan fingerprint density at radius 2 is 2.18 bits per heavy atom. The van der Waals surface area contributed by atoms with Gasteiger partial charge in [-0.25, -0.2) is 0 Å². The van der Waals surface area contributed by atoms with Gasteiger partial charge >= 0.3 is 0 Å². The summed E-state index contributed by atoms with van der Waals surface area (Å²) in [5, 5.41) is 3.50. The predicted molar refractivity (Wildman–Crippen MR) is 67.9 cm³/mol. The van der Waals surface area contributed by atoms with Crippen LogP contribution >= 0.6 is 0 Å². The molecule has 0 amide bonds. The van der Waals surface area contributed by atoms with Gasteiger partial charge in [-0.15, -0.1) is 0 Å². The predicted octanol–water partition coefficient (Wildman–Crippen LogP) is 2.88. The summed E-state index contributed by atoms with van der Waals surface area (Å²) in [5.74, 6) is 0. The first-order valence-electron chi connectivity index (χ1n) is 5.96. The molecule has 17 heavy (non-hydrogen) atoms. The Balaban J connectivity index is 1.81. The molecule has 2 aromatic heterocycles. The van der Waals surface area contributed by atoms with Crippen LogP contribution in [0.2, 0.25) is 0 Å². The lowest BCUT2D eigenvalue weighted by molar-refractivity contribution is 0.745. The molecule has 0 aromatic carbocycles. The Bertz CT molecular complexity index is 519. The Morgan fingerprint density at radius 3 is 3.00 bits per heavy atom. The number of rotatable bonds is 2. The van der Waals surface area contributed by atoms with Gasteiger partial charge in [-0.1, -0.05) is 6.07 Å². The minimum atomic E-state index is 0.329. The standard InChI is InChI=1S/C14H15N3/c1-10-4-6-12(9-16-10)17-13-7-5-11-3-2-8-15-14(11)13/h2-4,6,8-9,13,17H,5,7H2,1H3. The number of anilines is 1. The second-order valence-corrected chi connectivity index (χ2v) is 4.47. The van der Waals surface area contributed by atoms with Crippen LogP contribution in [0.1, 0.15) is 29.4 Å². The van der Waals surface area contributed by atoms with Gasteiger partial charge in [0.15, 0.2) is 0 Å². The van der Waals surface area contributed by atoms with Crippen LogP contribution in [-0.2, 0) is 6.42 Å². The highest BCUT2D eigenvalue weighted by atomic mass is 15.0. The van der Waals surface area contributed by atoms with E-state index in [1.807, 2.05) is 31.5 Å². The molecule has 0 spiro atoms. The van der Waals surface area contributed by atoms with Crippen LogP contribution in [0.15, 0.2) is 36.7 Å². The molecule has 1 aliphatic rings. The molecule has 1 N–H and O–H groups in total. The average Bonchev–Trinajstić information content (AvgIpc) is 2.76. The van der Waals surface area contributed by atoms with Crippen LogP contribution in [0.3, 0.4) is 0 Å². The summed E-state index contributed by atoms with van der Waals surface area (Å²) < 4.78 is 0. The Hall–Kier alpha value is -1.90. The lowest BCUT2D eigenvalue weighted by Gasteiger charge is -2.14. The van der Waals surface area contributed by atoms with E-state index in [9.17, 15) is 0 Å². The van der Waals surface area contributed by atoms with E-state index in [4.69, 9.17) is 0 Å². The summed E-state index contributed by atoms with van der Waals surface area (Å²) in [5.41, 5.74) is 4.66. The molecule has 3 rings (SSSR count). The largest absolute Gasteiger partial charge is 0.375 e. The van der Waals surface area contributed by atoms with Crippen LogP contribution in [0, 0.1) is 6.92 Å². The van der Waals surface area contributed by atoms with Crippen LogP contribution in [0.4, 0.5) is 5.69 Å². The number of nitrogens with one attached hydrogen (secondary N) is 1. The Labute approximate surface area is 101 Å². The summed E-state index contributed by atoms with van der Waals surface area (Å²) in [4.78, 5) is 8.77. The molecular weight excluding hydrogens is 210 g/mol. The fourth-order valence-corrected chi connectivity index (χ4v) is 2.31. The van der Waals surface area contributed by atoms with Crippen LogP contribution in [0.5, 0.6) is 0 Å². The van der Waals surface area contributed by atoms with E-state index in [2.05, 4.69) is 27.4 Å². The zero-order chi connectivity index (χ0) is 11.7. The first-order valence-corrected chi connectivity index (χ1v) is 5.96. The molecule has 1 aliphatic carbocycles.